The van der Waals surface area contributed by atoms with E-state index in [0.29, 0.717) is 5.75 Å². The van der Waals surface area contributed by atoms with Gasteiger partial charge >= 0.3 is 0 Å². The number of rotatable bonds is 11. The number of nitrogens with zero attached hydrogens (tertiary/aromatic N) is 1. The van der Waals surface area contributed by atoms with Crippen LogP contribution < -0.4 is 10.1 Å². The average Bonchev–Trinajstić information content (AvgIpc) is 3.32. The lowest BCUT2D eigenvalue weighted by atomic mass is 9.97. The number of methoxy groups -OCH3 is 1. The van der Waals surface area contributed by atoms with E-state index in [-0.39, 0.29) is 11.9 Å². The second kappa shape index (κ2) is 12.1. The molecule has 3 aromatic carbocycles. The molecule has 1 N–H and O–H groups in total. The number of ether oxygens (including phenoxy) is 1. The number of hydrogen-bond donors (Lipinski definition) is 1. The molecule has 0 radical (unpaired) electrons. The van der Waals surface area contributed by atoms with Gasteiger partial charge in [-0.25, -0.2) is 0 Å². The summed E-state index contributed by atoms with van der Waals surface area (Å²) < 4.78 is 11.6. The molecule has 0 spiro atoms. The van der Waals surface area contributed by atoms with Gasteiger partial charge in [-0.2, -0.15) is 0 Å². The van der Waals surface area contributed by atoms with Crippen LogP contribution in [0.5, 0.6) is 5.75 Å². The third-order valence-corrected chi connectivity index (χ3v) is 7.12. The molecule has 5 nitrogen and oxygen atoms in total. The molecular formula is C32H38N2O3. The topological polar surface area (TPSA) is 54.7 Å². The fourth-order valence-corrected chi connectivity index (χ4v) is 4.90. The third-order valence-electron chi connectivity index (χ3n) is 7.12. The highest BCUT2D eigenvalue weighted by Gasteiger charge is 2.16. The summed E-state index contributed by atoms with van der Waals surface area (Å²) in [4.78, 5) is 15.2. The van der Waals surface area contributed by atoms with Crippen molar-refractivity contribution in [3.8, 4) is 16.9 Å². The largest absolute Gasteiger partial charge is 0.496 e. The summed E-state index contributed by atoms with van der Waals surface area (Å²) in [7, 11) is 1.64. The van der Waals surface area contributed by atoms with Crippen LogP contribution in [0.1, 0.15) is 46.1 Å². The molecule has 0 aliphatic rings. The van der Waals surface area contributed by atoms with Gasteiger partial charge in [-0.3, -0.25) is 4.79 Å². The highest BCUT2D eigenvalue weighted by molar-refractivity contribution is 6.01. The number of carbonyl (C=O) groups excluding carboxylic acids is 1. The molecule has 1 heterocycles. The Morgan fingerprint density at radius 1 is 1.08 bits per heavy atom. The van der Waals surface area contributed by atoms with Gasteiger partial charge in [0.25, 0.3) is 0 Å². The lowest BCUT2D eigenvalue weighted by Gasteiger charge is -2.19. The van der Waals surface area contributed by atoms with Gasteiger partial charge in [0, 0.05) is 34.7 Å². The Hall–Kier alpha value is -3.57. The van der Waals surface area contributed by atoms with Gasteiger partial charge in [-0.1, -0.05) is 50.2 Å². The molecule has 4 rings (SSSR count). The van der Waals surface area contributed by atoms with Crippen LogP contribution in [-0.4, -0.2) is 43.6 Å². The quantitative estimate of drug-likeness (QED) is 0.221. The third kappa shape index (κ3) is 6.23. The van der Waals surface area contributed by atoms with Crippen molar-refractivity contribution in [2.24, 2.45) is 0 Å². The average molecular weight is 499 g/mol. The first-order valence-electron chi connectivity index (χ1n) is 13.2. The number of furan rings is 1. The molecule has 37 heavy (non-hydrogen) atoms. The van der Waals surface area contributed by atoms with Gasteiger partial charge in [0.15, 0.2) is 0 Å². The van der Waals surface area contributed by atoms with Crippen molar-refractivity contribution in [3.63, 3.8) is 0 Å². The minimum Gasteiger partial charge on any atom is -0.496 e. The number of benzene rings is 3. The molecule has 1 atom stereocenters. The zero-order valence-electron chi connectivity index (χ0n) is 22.6. The molecule has 1 aromatic heterocycles. The van der Waals surface area contributed by atoms with Crippen molar-refractivity contribution in [1.29, 1.82) is 0 Å². The number of nitrogens with one attached hydrogen (secondary N) is 1. The molecule has 4 aromatic rings. The summed E-state index contributed by atoms with van der Waals surface area (Å²) >= 11 is 0. The van der Waals surface area contributed by atoms with Crippen molar-refractivity contribution in [3.05, 3.63) is 72.5 Å². The zero-order valence-corrected chi connectivity index (χ0v) is 22.6. The van der Waals surface area contributed by atoms with Gasteiger partial charge in [0.05, 0.1) is 13.4 Å². The molecule has 0 fully saturated rings. The van der Waals surface area contributed by atoms with Crippen LogP contribution in [0.25, 0.3) is 38.4 Å². The molecule has 0 saturated heterocycles. The Labute approximate surface area is 220 Å². The molecule has 0 aliphatic carbocycles. The van der Waals surface area contributed by atoms with Crippen molar-refractivity contribution < 1.29 is 13.9 Å². The standard InChI is InChI=1S/C32H38N2O3/c1-6-34(7-2)16-10-11-23(4)33-32(35)17-22(3)27-19-28-29(21-37-31(28)20-30(27)36-5)26-15-14-24-12-8-9-13-25(24)18-26/h8-9,12-15,17-21,23H,6-7,10-11,16H2,1-5H3,(H,33,35)/b22-17+. The maximum Gasteiger partial charge on any atom is 0.244 e. The van der Waals surface area contributed by atoms with Crippen LogP contribution in [0.15, 0.2) is 71.4 Å². The fourth-order valence-electron chi connectivity index (χ4n) is 4.90. The van der Waals surface area contributed by atoms with Crippen molar-refractivity contribution in [2.75, 3.05) is 26.7 Å². The maximum absolute atomic E-state index is 12.8. The van der Waals surface area contributed by atoms with Gasteiger partial charge in [-0.05, 0) is 80.4 Å². The van der Waals surface area contributed by atoms with E-state index in [0.717, 1.165) is 65.7 Å². The highest BCUT2D eigenvalue weighted by Crippen LogP contribution is 2.38. The van der Waals surface area contributed by atoms with E-state index in [1.54, 1.807) is 19.4 Å². The number of fused-ring (bicyclic) bond motifs is 2. The lowest BCUT2D eigenvalue weighted by Crippen LogP contribution is -2.32. The fraction of sp³-hybridized carbons (Fsp3) is 0.344. The summed E-state index contributed by atoms with van der Waals surface area (Å²) in [5, 5.41) is 6.50. The van der Waals surface area contributed by atoms with Crippen LogP contribution in [-0.2, 0) is 4.79 Å². The van der Waals surface area contributed by atoms with E-state index in [1.807, 2.05) is 25.1 Å². The summed E-state index contributed by atoms with van der Waals surface area (Å²) in [6, 6.07) is 18.8. The van der Waals surface area contributed by atoms with E-state index in [4.69, 9.17) is 9.15 Å². The number of allylic oxidation sites excluding steroid dienone is 1. The SMILES string of the molecule is CCN(CC)CCCC(C)NC(=O)/C=C(\C)c1cc2c(-c3ccc4ccccc4c3)coc2cc1OC. The van der Waals surface area contributed by atoms with Crippen molar-refractivity contribution >= 4 is 33.2 Å². The Bertz CT molecular complexity index is 1400. The van der Waals surface area contributed by atoms with Gasteiger partial charge < -0.3 is 19.4 Å². The summed E-state index contributed by atoms with van der Waals surface area (Å²) in [6.45, 7) is 11.6. The van der Waals surface area contributed by atoms with Crippen molar-refractivity contribution in [1.82, 2.24) is 10.2 Å². The van der Waals surface area contributed by atoms with Gasteiger partial charge in [0.1, 0.15) is 11.3 Å². The molecule has 1 unspecified atom stereocenters. The highest BCUT2D eigenvalue weighted by atomic mass is 16.5. The molecule has 5 heteroatoms. The van der Waals surface area contributed by atoms with Crippen LogP contribution >= 0.6 is 0 Å². The zero-order chi connectivity index (χ0) is 26.4. The van der Waals surface area contributed by atoms with E-state index in [2.05, 4.69) is 67.4 Å². The maximum atomic E-state index is 12.8. The number of carbonyl (C=O) groups is 1. The summed E-state index contributed by atoms with van der Waals surface area (Å²) in [5.41, 5.74) is 4.58. The number of hydrogen-bond acceptors (Lipinski definition) is 4. The first-order chi connectivity index (χ1) is 17.9. The Morgan fingerprint density at radius 2 is 1.84 bits per heavy atom. The summed E-state index contributed by atoms with van der Waals surface area (Å²) in [5.74, 6) is 0.595. The number of amides is 1. The van der Waals surface area contributed by atoms with Crippen LogP contribution in [0.2, 0.25) is 0 Å². The Morgan fingerprint density at radius 3 is 2.57 bits per heavy atom. The Balaban J connectivity index is 1.55. The molecule has 194 valence electrons. The molecule has 1 amide bonds. The van der Waals surface area contributed by atoms with Crippen LogP contribution in [0.3, 0.4) is 0 Å². The van der Waals surface area contributed by atoms with Crippen molar-refractivity contribution in [2.45, 2.75) is 46.6 Å². The minimum absolute atomic E-state index is 0.0862. The molecule has 0 bridgehead atoms. The normalized spacial score (nSPS) is 12.9. The van der Waals surface area contributed by atoms with E-state index < -0.39 is 0 Å². The first kappa shape index (κ1) is 26.5. The van der Waals surface area contributed by atoms with Crippen LogP contribution in [0.4, 0.5) is 0 Å². The lowest BCUT2D eigenvalue weighted by molar-refractivity contribution is -0.117. The second-order valence-electron chi connectivity index (χ2n) is 9.67. The first-order valence-corrected chi connectivity index (χ1v) is 13.2. The van der Waals surface area contributed by atoms with Gasteiger partial charge in [0.2, 0.25) is 5.91 Å². The molecular weight excluding hydrogens is 460 g/mol. The molecule has 0 saturated carbocycles. The van der Waals surface area contributed by atoms with Crippen LogP contribution in [0, 0.1) is 0 Å². The predicted octanol–water partition coefficient (Wildman–Crippen LogP) is 7.29. The molecule has 0 aliphatic heterocycles. The Kier molecular flexibility index (Phi) is 8.67. The van der Waals surface area contributed by atoms with Gasteiger partial charge in [-0.15, -0.1) is 0 Å². The minimum atomic E-state index is -0.0862. The smallest absolute Gasteiger partial charge is 0.244 e. The predicted molar refractivity (Wildman–Crippen MR) is 154 cm³/mol. The van der Waals surface area contributed by atoms with E-state index in [9.17, 15) is 4.79 Å². The summed E-state index contributed by atoms with van der Waals surface area (Å²) in [6.07, 6.45) is 5.48. The monoisotopic (exact) mass is 498 g/mol. The van der Waals surface area contributed by atoms with E-state index >= 15 is 0 Å². The second-order valence-corrected chi connectivity index (χ2v) is 9.67. The van der Waals surface area contributed by atoms with E-state index in [1.165, 1.54) is 10.8 Å².